The van der Waals surface area contributed by atoms with Crippen molar-refractivity contribution in [3.8, 4) is 17.2 Å². The summed E-state index contributed by atoms with van der Waals surface area (Å²) < 4.78 is 12.6. The Hall–Kier alpha value is -3.30. The highest BCUT2D eigenvalue weighted by atomic mass is 35.5. The van der Waals surface area contributed by atoms with Crippen molar-refractivity contribution in [2.75, 3.05) is 32.8 Å². The van der Waals surface area contributed by atoms with Gasteiger partial charge in [0.05, 0.1) is 10.7 Å². The number of aromatic nitrogens is 3. The minimum Gasteiger partial charge on any atom is -0.486 e. The maximum absolute atomic E-state index is 13.2. The number of amides is 2. The number of rotatable bonds is 3. The normalized spacial score (nSPS) is 17.6. The highest BCUT2D eigenvalue weighted by Gasteiger charge is 2.33. The zero-order valence-corrected chi connectivity index (χ0v) is 19.8. The Morgan fingerprint density at radius 3 is 2.68 bits per heavy atom. The molecule has 1 unspecified atom stereocenters. The molecule has 1 saturated heterocycles. The zero-order valence-electron chi connectivity index (χ0n) is 18.3. The largest absolute Gasteiger partial charge is 0.486 e. The summed E-state index contributed by atoms with van der Waals surface area (Å²) in [6, 6.07) is 10.1. The van der Waals surface area contributed by atoms with Crippen LogP contribution in [0.15, 0.2) is 42.7 Å². The van der Waals surface area contributed by atoms with Crippen molar-refractivity contribution in [2.45, 2.75) is 13.0 Å². The van der Waals surface area contributed by atoms with Crippen molar-refractivity contribution in [1.82, 2.24) is 24.6 Å². The van der Waals surface area contributed by atoms with Crippen LogP contribution in [0.2, 0.25) is 10.0 Å². The lowest BCUT2D eigenvalue weighted by atomic mass is 10.1. The van der Waals surface area contributed by atoms with E-state index >= 15 is 0 Å². The van der Waals surface area contributed by atoms with Crippen molar-refractivity contribution >= 4 is 35.0 Å². The standard InChI is InChI=1S/C23H21Cl2N5O4/c1-14-12-28(23(32)21-26-13-30(27-21)17-4-2-3-16(24)11-17)5-6-29(14)22(31)15-9-18(25)20-19(10-15)33-7-8-34-20/h2-4,9-11,13-14H,5-8,12H2,1H3. The molecule has 34 heavy (non-hydrogen) atoms. The first-order valence-electron chi connectivity index (χ1n) is 10.8. The van der Waals surface area contributed by atoms with Gasteiger partial charge in [0, 0.05) is 36.3 Å². The fourth-order valence-corrected chi connectivity index (χ4v) is 4.54. The molecule has 1 fully saturated rings. The first-order valence-corrected chi connectivity index (χ1v) is 11.5. The van der Waals surface area contributed by atoms with Crippen molar-refractivity contribution in [3.05, 3.63) is 64.2 Å². The van der Waals surface area contributed by atoms with E-state index in [0.29, 0.717) is 65.6 Å². The molecule has 0 bridgehead atoms. The second-order valence-electron chi connectivity index (χ2n) is 8.07. The minimum absolute atomic E-state index is 0.0885. The Morgan fingerprint density at radius 2 is 1.88 bits per heavy atom. The van der Waals surface area contributed by atoms with Gasteiger partial charge >= 0.3 is 0 Å². The fourth-order valence-electron chi connectivity index (χ4n) is 4.09. The summed E-state index contributed by atoms with van der Waals surface area (Å²) in [5, 5.41) is 5.21. The van der Waals surface area contributed by atoms with Crippen LogP contribution in [0.25, 0.3) is 5.69 Å². The van der Waals surface area contributed by atoms with Crippen LogP contribution in [0.4, 0.5) is 0 Å². The maximum Gasteiger partial charge on any atom is 0.293 e. The van der Waals surface area contributed by atoms with E-state index in [4.69, 9.17) is 32.7 Å². The lowest BCUT2D eigenvalue weighted by Gasteiger charge is -2.39. The molecule has 0 spiro atoms. The summed E-state index contributed by atoms with van der Waals surface area (Å²) in [4.78, 5) is 33.8. The highest BCUT2D eigenvalue weighted by Crippen LogP contribution is 2.38. The molecule has 1 atom stereocenters. The molecule has 0 aliphatic carbocycles. The second-order valence-corrected chi connectivity index (χ2v) is 8.92. The lowest BCUT2D eigenvalue weighted by Crippen LogP contribution is -2.55. The molecule has 0 N–H and O–H groups in total. The smallest absolute Gasteiger partial charge is 0.293 e. The minimum atomic E-state index is -0.290. The van der Waals surface area contributed by atoms with Crippen LogP contribution in [-0.2, 0) is 0 Å². The zero-order chi connectivity index (χ0) is 23.8. The molecular weight excluding hydrogens is 481 g/mol. The van der Waals surface area contributed by atoms with Gasteiger partial charge in [-0.05, 0) is 37.3 Å². The van der Waals surface area contributed by atoms with Gasteiger partial charge in [-0.25, -0.2) is 9.67 Å². The number of halogens is 2. The third kappa shape index (κ3) is 4.28. The van der Waals surface area contributed by atoms with Crippen LogP contribution < -0.4 is 9.47 Å². The molecule has 3 heterocycles. The third-order valence-electron chi connectivity index (χ3n) is 5.78. The predicted molar refractivity (Wildman–Crippen MR) is 125 cm³/mol. The van der Waals surface area contributed by atoms with Crippen molar-refractivity contribution in [1.29, 1.82) is 0 Å². The Balaban J connectivity index is 1.27. The molecule has 2 aliphatic rings. The van der Waals surface area contributed by atoms with Gasteiger partial charge in [0.1, 0.15) is 19.5 Å². The van der Waals surface area contributed by atoms with Gasteiger partial charge in [-0.3, -0.25) is 9.59 Å². The van der Waals surface area contributed by atoms with Crippen LogP contribution in [0, 0.1) is 0 Å². The average Bonchev–Trinajstić information content (AvgIpc) is 3.33. The Bertz CT molecular complexity index is 1260. The Labute approximate surface area is 205 Å². The van der Waals surface area contributed by atoms with Crippen LogP contribution in [0.1, 0.15) is 27.9 Å². The molecule has 5 rings (SSSR count). The number of ether oxygens (including phenoxy) is 2. The van der Waals surface area contributed by atoms with Gasteiger partial charge in [0.2, 0.25) is 5.82 Å². The number of carbonyl (C=O) groups excluding carboxylic acids is 2. The number of carbonyl (C=O) groups is 2. The van der Waals surface area contributed by atoms with E-state index in [2.05, 4.69) is 10.1 Å². The van der Waals surface area contributed by atoms with E-state index in [-0.39, 0.29) is 23.7 Å². The first-order chi connectivity index (χ1) is 16.4. The number of piperazine rings is 1. The van der Waals surface area contributed by atoms with Crippen molar-refractivity contribution in [3.63, 3.8) is 0 Å². The van der Waals surface area contributed by atoms with Gasteiger partial charge in [0.25, 0.3) is 11.8 Å². The predicted octanol–water partition coefficient (Wildman–Crippen LogP) is 3.33. The van der Waals surface area contributed by atoms with Gasteiger partial charge in [-0.1, -0.05) is 29.3 Å². The molecule has 3 aromatic rings. The average molecular weight is 502 g/mol. The van der Waals surface area contributed by atoms with Crippen LogP contribution in [0.5, 0.6) is 11.5 Å². The summed E-state index contributed by atoms with van der Waals surface area (Å²) in [6.45, 7) is 3.80. The first kappa shape index (κ1) is 22.5. The van der Waals surface area contributed by atoms with E-state index in [1.807, 2.05) is 13.0 Å². The van der Waals surface area contributed by atoms with E-state index < -0.39 is 0 Å². The second kappa shape index (κ2) is 9.15. The van der Waals surface area contributed by atoms with Gasteiger partial charge in [0.15, 0.2) is 11.5 Å². The number of benzene rings is 2. The number of hydrogen-bond donors (Lipinski definition) is 0. The van der Waals surface area contributed by atoms with Gasteiger partial charge in [-0.2, -0.15) is 0 Å². The van der Waals surface area contributed by atoms with Crippen LogP contribution in [-0.4, -0.2) is 75.3 Å². The molecule has 1 aromatic heterocycles. The van der Waals surface area contributed by atoms with E-state index in [9.17, 15) is 9.59 Å². The third-order valence-corrected chi connectivity index (χ3v) is 6.29. The van der Waals surface area contributed by atoms with E-state index in [0.717, 1.165) is 0 Å². The topological polar surface area (TPSA) is 89.8 Å². The van der Waals surface area contributed by atoms with Crippen LogP contribution >= 0.6 is 23.2 Å². The van der Waals surface area contributed by atoms with Crippen molar-refractivity contribution in [2.24, 2.45) is 0 Å². The molecule has 9 nitrogen and oxygen atoms in total. The Morgan fingerprint density at radius 1 is 1.06 bits per heavy atom. The maximum atomic E-state index is 13.2. The molecule has 0 saturated carbocycles. The molecule has 0 radical (unpaired) electrons. The van der Waals surface area contributed by atoms with Gasteiger partial charge in [-0.15, -0.1) is 5.10 Å². The Kier molecular flexibility index (Phi) is 6.05. The summed E-state index contributed by atoms with van der Waals surface area (Å²) in [5.74, 6) is 0.539. The fraction of sp³-hybridized carbons (Fsp3) is 0.304. The molecule has 2 amide bonds. The summed E-state index contributed by atoms with van der Waals surface area (Å²) in [6.07, 6.45) is 1.48. The molecule has 176 valence electrons. The van der Waals surface area contributed by atoms with E-state index in [1.165, 1.54) is 11.0 Å². The number of nitrogens with zero attached hydrogens (tertiary/aromatic N) is 5. The number of hydrogen-bond acceptors (Lipinski definition) is 6. The molecule has 2 aliphatic heterocycles. The quantitative estimate of drug-likeness (QED) is 0.546. The molecule has 11 heteroatoms. The van der Waals surface area contributed by atoms with Crippen LogP contribution in [0.3, 0.4) is 0 Å². The lowest BCUT2D eigenvalue weighted by molar-refractivity contribution is 0.0408. The number of fused-ring (bicyclic) bond motifs is 1. The molecule has 2 aromatic carbocycles. The monoisotopic (exact) mass is 501 g/mol. The summed E-state index contributed by atoms with van der Waals surface area (Å²) in [5.41, 5.74) is 1.13. The highest BCUT2D eigenvalue weighted by molar-refractivity contribution is 6.32. The SMILES string of the molecule is CC1CN(C(=O)c2ncn(-c3cccc(Cl)c3)n2)CCN1C(=O)c1cc(Cl)c2c(c1)OCCO2. The molecular formula is C23H21Cl2N5O4. The van der Waals surface area contributed by atoms with Crippen molar-refractivity contribution < 1.29 is 19.1 Å². The summed E-state index contributed by atoms with van der Waals surface area (Å²) in [7, 11) is 0. The van der Waals surface area contributed by atoms with E-state index in [1.54, 1.807) is 40.1 Å². The summed E-state index contributed by atoms with van der Waals surface area (Å²) >= 11 is 12.3. The van der Waals surface area contributed by atoms with Gasteiger partial charge < -0.3 is 19.3 Å².